The number of hydrogen-bond donors (Lipinski definition) is 24. The van der Waals surface area contributed by atoms with Crippen LogP contribution in [0.5, 0.6) is 0 Å². The molecule has 0 heterocycles. The predicted molar refractivity (Wildman–Crippen MR) is 543 cm³/mol. The first-order chi connectivity index (χ1) is 68.8. The molecule has 2 rings (SSSR count). The highest BCUT2D eigenvalue weighted by atomic mass is 16.4. The standard InChI is InChI=1S/C100H177N21O24/c1-63(82(104)129)106-91(138)73(47-37-44-60-101)114-88(135)68(6)108-83(130)65(3)107-84(131)66(4)111-93(140)77(51-54-80(125)126)118-95(142)75(49-39-46-62-103)119-98(145)100(58-42-35-31-27-23-19-15-12-16-20-24-28-32-36-43-59-100)120-90(137)71(9)110-85(132)67(5)112-92(139)76(50-53-79(123)124)117-94(141)74(48-38-45-61-102)115-89(136)69(7)109-86(133)70(8)113-97(144)99(56-40-33-29-25-21-17-13-11-14-18-22-26-30-34-41-57-99)121-96(143)78(52-55-81(127)128)116-87(134)64(2)105-72(10)122/h63-71,73-78H,11-62,101-103H2,1-10H3,(H2,104,129)(H,105,122)(H,106,138)(H,107,131)(H,108,130)(H,109,133)(H,110,132)(H,111,140)(H,112,139)(H,113,144)(H,114,135)(H,115,136)(H,116,134)(H,117,141)(H,118,142)(H,119,145)(H,120,137)(H,121,143)(H,123,124)(H,125,126)(H,127,128)/t63-,64-,65-,66-,67-,68-,69-,70-,71-,73-,74-,75-,76-,77-,78-/m0/s1. The van der Waals surface area contributed by atoms with E-state index in [2.05, 4.69) is 90.4 Å². The van der Waals surface area contributed by atoms with Gasteiger partial charge in [-0.25, -0.2) is 0 Å². The Labute approximate surface area is 854 Å². The van der Waals surface area contributed by atoms with E-state index in [1.54, 1.807) is 0 Å². The molecule has 2 aliphatic rings. The van der Waals surface area contributed by atoms with Crippen LogP contribution in [-0.4, -0.2) is 261 Å². The summed E-state index contributed by atoms with van der Waals surface area (Å²) in [7, 11) is 0. The Hall–Kier alpha value is -11.2. The lowest BCUT2D eigenvalue weighted by Crippen LogP contribution is -2.65. The van der Waals surface area contributed by atoms with Gasteiger partial charge >= 0.3 is 17.9 Å². The number of aliphatic carboxylic acids is 3. The number of carboxylic acids is 3. The molecule has 0 unspecified atom stereocenters. The van der Waals surface area contributed by atoms with E-state index in [0.717, 1.165) is 135 Å². The van der Waals surface area contributed by atoms with Gasteiger partial charge in [0.25, 0.3) is 0 Å². The molecule has 0 aromatic carbocycles. The Kier molecular flexibility index (Phi) is 65.3. The van der Waals surface area contributed by atoms with Crippen molar-refractivity contribution in [1.29, 1.82) is 0 Å². The third-order valence-electron chi connectivity index (χ3n) is 26.4. The molecule has 45 heteroatoms. The highest BCUT2D eigenvalue weighted by Crippen LogP contribution is 2.30. The molecule has 2 aliphatic carbocycles. The van der Waals surface area contributed by atoms with Gasteiger partial charge < -0.3 is 129 Å². The van der Waals surface area contributed by atoms with Crippen molar-refractivity contribution in [1.82, 2.24) is 90.4 Å². The molecule has 45 nitrogen and oxygen atoms in total. The van der Waals surface area contributed by atoms with E-state index < -0.39 is 264 Å². The SMILES string of the molecule is CC(=O)N[C@@H](C)C(=O)N[C@@H](CCC(=O)O)C(=O)NC1(C(=O)N[C@@H](C)C(=O)N[C@@H](C)C(=O)N[C@@H](CCCCN)C(=O)N[C@@H](CCC(=O)O)C(=O)N[C@@H](C)C(=O)N[C@@H](C)C(=O)NC2(C(=O)N[C@@H](CCCCN)C(=O)N[C@@H](CCC(=O)O)C(=O)N[C@@H](C)C(=O)N[C@@H](C)C(=O)N[C@@H](C)C(=O)N[C@@H](CCCCN)C(=O)N[C@@H](C)C(N)=O)CCCCCCCCCCCCCCCCC2)CCCCCCCCCCCCCCCCC1. The van der Waals surface area contributed by atoms with Gasteiger partial charge in [0.15, 0.2) is 0 Å². The summed E-state index contributed by atoms with van der Waals surface area (Å²) in [4.78, 5) is 289. The van der Waals surface area contributed by atoms with E-state index in [0.29, 0.717) is 83.6 Å². The van der Waals surface area contributed by atoms with E-state index in [1.807, 2.05) is 0 Å². The molecule has 15 atom stereocenters. The number of hydrogen-bond acceptors (Lipinski definition) is 24. The Morgan fingerprint density at radius 1 is 0.221 bits per heavy atom. The third kappa shape index (κ3) is 54.1. The van der Waals surface area contributed by atoms with E-state index in [9.17, 15) is 102 Å². The molecule has 0 saturated heterocycles. The minimum Gasteiger partial charge on any atom is -0.481 e. The first kappa shape index (κ1) is 130. The first-order valence-electron chi connectivity index (χ1n) is 53.0. The summed E-state index contributed by atoms with van der Waals surface area (Å²) >= 11 is 0. The number of unbranched alkanes of at least 4 members (excludes halogenated alkanes) is 3. The lowest BCUT2D eigenvalue weighted by Gasteiger charge is -2.36. The van der Waals surface area contributed by atoms with Crippen molar-refractivity contribution in [3.63, 3.8) is 0 Å². The second kappa shape index (κ2) is 72.9. The van der Waals surface area contributed by atoms with E-state index >= 15 is 14.4 Å². The van der Waals surface area contributed by atoms with Crippen molar-refractivity contribution < 1.29 is 116 Å². The van der Waals surface area contributed by atoms with Crippen LogP contribution >= 0.6 is 0 Å². The molecule has 0 bridgehead atoms. The van der Waals surface area contributed by atoms with Crippen LogP contribution in [0.2, 0.25) is 0 Å². The molecule has 0 spiro atoms. The number of amides is 18. The highest BCUT2D eigenvalue weighted by Gasteiger charge is 2.46. The maximum absolute atomic E-state index is 15.7. The van der Waals surface area contributed by atoms with E-state index in [1.165, 1.54) is 75.7 Å². The number of carbonyl (C=O) groups excluding carboxylic acids is 18. The predicted octanol–water partition coefficient (Wildman–Crippen LogP) is 2.92. The molecule has 0 aromatic rings. The van der Waals surface area contributed by atoms with Crippen LogP contribution in [-0.2, 0) is 101 Å². The average Bonchev–Trinajstić information content (AvgIpc) is 0.809. The topological polar surface area (TPSA) is 728 Å². The van der Waals surface area contributed by atoms with Crippen LogP contribution in [0.4, 0.5) is 0 Å². The van der Waals surface area contributed by atoms with Crippen LogP contribution in [0.15, 0.2) is 0 Å². The van der Waals surface area contributed by atoms with Crippen LogP contribution in [0, 0.1) is 0 Å². The van der Waals surface area contributed by atoms with E-state index in [4.69, 9.17) is 22.9 Å². The second-order valence-corrected chi connectivity index (χ2v) is 39.4. The molecule has 145 heavy (non-hydrogen) atoms. The van der Waals surface area contributed by atoms with Gasteiger partial charge in [0.05, 0.1) is 0 Å². The molecule has 0 radical (unpaired) electrons. The fraction of sp³-hybridized carbons (Fsp3) is 0.790. The normalized spacial score (nSPS) is 18.2. The van der Waals surface area contributed by atoms with Gasteiger partial charge in [0.1, 0.15) is 102 Å². The molecule has 2 fully saturated rings. The summed E-state index contributed by atoms with van der Waals surface area (Å²) in [6.45, 7) is 13.6. The van der Waals surface area contributed by atoms with Gasteiger partial charge in [-0.2, -0.15) is 0 Å². The Morgan fingerprint density at radius 2 is 0.407 bits per heavy atom. The Bertz CT molecular complexity index is 4070. The van der Waals surface area contributed by atoms with Crippen LogP contribution in [0.1, 0.15) is 384 Å². The molecule has 18 amide bonds. The van der Waals surface area contributed by atoms with Gasteiger partial charge in [0.2, 0.25) is 106 Å². The van der Waals surface area contributed by atoms with Crippen LogP contribution in [0.3, 0.4) is 0 Å². The Balaban J connectivity index is 2.57. The summed E-state index contributed by atoms with van der Waals surface area (Å²) in [6.07, 6.45) is 24.8. The second-order valence-electron chi connectivity index (χ2n) is 39.4. The molecular weight excluding hydrogens is 1880 g/mol. The summed E-state index contributed by atoms with van der Waals surface area (Å²) in [5, 5.41) is 73.7. The van der Waals surface area contributed by atoms with Gasteiger partial charge in [-0.05, 0) is 185 Å². The Morgan fingerprint density at radius 3 is 0.662 bits per heavy atom. The summed E-state index contributed by atoms with van der Waals surface area (Å²) < 4.78 is 0. The van der Waals surface area contributed by atoms with Crippen molar-refractivity contribution in [3.8, 4) is 0 Å². The van der Waals surface area contributed by atoms with Gasteiger partial charge in [-0.3, -0.25) is 101 Å². The molecular formula is C100H177N21O24. The monoisotopic (exact) mass is 2060 g/mol. The first-order valence-corrected chi connectivity index (χ1v) is 53.0. The van der Waals surface area contributed by atoms with Crippen LogP contribution < -0.4 is 113 Å². The maximum atomic E-state index is 15.7. The average molecular weight is 2060 g/mol. The molecule has 28 N–H and O–H groups in total. The number of carbonyl (C=O) groups is 21. The highest BCUT2D eigenvalue weighted by molar-refractivity contribution is 6.02. The summed E-state index contributed by atoms with van der Waals surface area (Å²) in [6, 6.07) is -21.2. The van der Waals surface area contributed by atoms with Gasteiger partial charge in [0, 0.05) is 26.2 Å². The lowest BCUT2D eigenvalue weighted by atomic mass is 9.84. The number of nitrogens with two attached hydrogens (primary N) is 4. The number of carboxylic acid groups (broad SMARTS) is 3. The minimum absolute atomic E-state index is 0.0197. The molecule has 2 saturated carbocycles. The van der Waals surface area contributed by atoms with Crippen molar-refractivity contribution in [2.45, 2.75) is 486 Å². The number of nitrogens with one attached hydrogen (secondary N) is 17. The maximum Gasteiger partial charge on any atom is 0.303 e. The number of primary amides is 1. The van der Waals surface area contributed by atoms with E-state index in [-0.39, 0.29) is 70.9 Å². The minimum atomic E-state index is -1.81. The summed E-state index contributed by atoms with van der Waals surface area (Å²) in [5.74, 6) is -19.7. The smallest absolute Gasteiger partial charge is 0.303 e. The lowest BCUT2D eigenvalue weighted by molar-refractivity contribution is -0.140. The summed E-state index contributed by atoms with van der Waals surface area (Å²) in [5.41, 5.74) is 19.2. The third-order valence-corrected chi connectivity index (χ3v) is 26.4. The zero-order valence-electron chi connectivity index (χ0n) is 87.7. The molecule has 0 aromatic heterocycles. The quantitative estimate of drug-likeness (QED) is 0.0389. The van der Waals surface area contributed by atoms with Crippen molar-refractivity contribution in [2.75, 3.05) is 19.6 Å². The van der Waals surface area contributed by atoms with Gasteiger partial charge in [-0.1, -0.05) is 193 Å². The molecule has 826 valence electrons. The van der Waals surface area contributed by atoms with Gasteiger partial charge in [-0.15, -0.1) is 0 Å². The van der Waals surface area contributed by atoms with Crippen molar-refractivity contribution >= 4 is 124 Å². The zero-order valence-corrected chi connectivity index (χ0v) is 87.7. The van der Waals surface area contributed by atoms with Crippen molar-refractivity contribution in [2.24, 2.45) is 22.9 Å². The largest absolute Gasteiger partial charge is 0.481 e. The van der Waals surface area contributed by atoms with Crippen molar-refractivity contribution in [3.05, 3.63) is 0 Å². The van der Waals surface area contributed by atoms with Crippen LogP contribution in [0.25, 0.3) is 0 Å². The fourth-order valence-electron chi connectivity index (χ4n) is 17.2. The fourth-order valence-corrected chi connectivity index (χ4v) is 17.2. The molecule has 0 aliphatic heterocycles. The zero-order chi connectivity index (χ0) is 109. The number of rotatable bonds is 55.